The van der Waals surface area contributed by atoms with Gasteiger partial charge >= 0.3 is 0 Å². The number of halogens is 1. The molecule has 4 unspecified atom stereocenters. The molecule has 11 N–H and O–H groups in total. The van der Waals surface area contributed by atoms with E-state index in [1.165, 1.54) is 6.92 Å². The highest BCUT2D eigenvalue weighted by Gasteiger charge is 2.46. The number of carbonyl (C=O) groups is 1. The van der Waals surface area contributed by atoms with Gasteiger partial charge in [0, 0.05) is 6.54 Å². The quantitative estimate of drug-likeness (QED) is 0.115. The molecule has 160 valence electrons. The van der Waals surface area contributed by atoms with E-state index in [4.69, 9.17) is 36.5 Å². The fourth-order valence-electron chi connectivity index (χ4n) is 2.47. The van der Waals surface area contributed by atoms with Crippen molar-refractivity contribution in [2.75, 3.05) is 25.1 Å². The van der Waals surface area contributed by atoms with Crippen LogP contribution in [0.2, 0.25) is 0 Å². The highest BCUT2D eigenvalue weighted by atomic mass is 79.9. The van der Waals surface area contributed by atoms with Crippen LogP contribution in [0.15, 0.2) is 0 Å². The van der Waals surface area contributed by atoms with Gasteiger partial charge in [-0.2, -0.15) is 0 Å². The summed E-state index contributed by atoms with van der Waals surface area (Å²) in [7, 11) is 0. The van der Waals surface area contributed by atoms with Crippen LogP contribution in [-0.2, 0) is 19.0 Å². The molecule has 1 aliphatic heterocycles. The number of nitrogens with one attached hydrogen (secondary N) is 1. The van der Waals surface area contributed by atoms with Gasteiger partial charge in [-0.15, -0.1) is 0 Å². The summed E-state index contributed by atoms with van der Waals surface area (Å²) in [6.07, 6.45) is -7.38. The summed E-state index contributed by atoms with van der Waals surface area (Å²) >= 11 is 2.98. The Balaban J connectivity index is 2.83. The number of rotatable bonds is 10. The average Bonchev–Trinajstić information content (AvgIpc) is 2.63. The van der Waals surface area contributed by atoms with E-state index in [0.717, 1.165) is 0 Å². The molecule has 12 nitrogen and oxygen atoms in total. The number of hydrogen-bond donors (Lipinski definition) is 8. The van der Waals surface area contributed by atoms with Crippen molar-refractivity contribution in [3.8, 4) is 0 Å². The first-order valence-electron chi connectivity index (χ1n) is 8.26. The molecule has 0 radical (unpaired) electrons. The SMILES string of the molecule is CC(N)(O[C@@H](N)CO)[C@H](CO)O[C@H]1OC(CNC(=O)CBr)[C@@H](O)C(O)C1N. The number of amides is 1. The molecule has 0 spiro atoms. The fraction of sp³-hybridized carbons (Fsp3) is 0.929. The number of aliphatic hydroxyl groups is 4. The summed E-state index contributed by atoms with van der Waals surface area (Å²) in [5, 5.41) is 41.4. The number of carbonyl (C=O) groups excluding carboxylic acids is 1. The minimum absolute atomic E-state index is 0.0539. The van der Waals surface area contributed by atoms with Gasteiger partial charge < -0.3 is 57.2 Å². The van der Waals surface area contributed by atoms with Crippen LogP contribution in [-0.4, -0.2) is 100 Å². The lowest BCUT2D eigenvalue weighted by molar-refractivity contribution is -0.297. The maximum absolute atomic E-state index is 11.4. The minimum Gasteiger partial charge on any atom is -0.393 e. The Hall–Kier alpha value is -0.450. The summed E-state index contributed by atoms with van der Waals surface area (Å²) in [6.45, 7) is 0.146. The van der Waals surface area contributed by atoms with Crippen LogP contribution in [0.4, 0.5) is 0 Å². The van der Waals surface area contributed by atoms with E-state index in [2.05, 4.69) is 21.2 Å². The molecular formula is C14H29BrN4O8. The molecule has 0 aliphatic carbocycles. The lowest BCUT2D eigenvalue weighted by Crippen LogP contribution is -2.66. The number of hydrogen-bond acceptors (Lipinski definition) is 11. The zero-order valence-corrected chi connectivity index (χ0v) is 16.5. The molecule has 1 amide bonds. The van der Waals surface area contributed by atoms with E-state index in [1.54, 1.807) is 0 Å². The molecule has 0 aromatic heterocycles. The van der Waals surface area contributed by atoms with Gasteiger partial charge in [0.25, 0.3) is 0 Å². The molecule has 8 atom stereocenters. The summed E-state index contributed by atoms with van der Waals surface area (Å²) < 4.78 is 16.3. The number of ether oxygens (including phenoxy) is 3. The van der Waals surface area contributed by atoms with E-state index >= 15 is 0 Å². The van der Waals surface area contributed by atoms with Crippen LogP contribution in [0, 0.1) is 0 Å². The molecule has 1 fully saturated rings. The molecule has 0 aromatic rings. The third kappa shape index (κ3) is 6.83. The molecule has 1 rings (SSSR count). The zero-order chi connectivity index (χ0) is 20.8. The van der Waals surface area contributed by atoms with Crippen LogP contribution in [0.5, 0.6) is 0 Å². The van der Waals surface area contributed by atoms with Gasteiger partial charge in [0.15, 0.2) is 6.29 Å². The second-order valence-electron chi connectivity index (χ2n) is 6.37. The Morgan fingerprint density at radius 2 is 1.96 bits per heavy atom. The fourth-order valence-corrected chi connectivity index (χ4v) is 2.66. The van der Waals surface area contributed by atoms with Crippen molar-refractivity contribution in [3.63, 3.8) is 0 Å². The predicted molar refractivity (Wildman–Crippen MR) is 96.2 cm³/mol. The summed E-state index contributed by atoms with van der Waals surface area (Å²) in [6, 6.07) is -1.17. The standard InChI is InChI=1S/C14H29BrN4O8/c1-14(18,27-8(16)5-21)7(4-20)26-13-10(17)12(24)11(23)6(25-13)3-19-9(22)2-15/h6-8,10-13,20-21,23-24H,2-5,16-18H2,1H3,(H,19,22)/t6?,7-,8+,10?,11+,12?,13+,14?/m0/s1. The lowest BCUT2D eigenvalue weighted by atomic mass is 9.97. The highest BCUT2D eigenvalue weighted by molar-refractivity contribution is 9.09. The van der Waals surface area contributed by atoms with Gasteiger partial charge in [-0.3, -0.25) is 4.79 Å². The first-order valence-corrected chi connectivity index (χ1v) is 9.38. The first kappa shape index (κ1) is 24.6. The van der Waals surface area contributed by atoms with Crippen LogP contribution >= 0.6 is 15.9 Å². The molecule has 13 heteroatoms. The van der Waals surface area contributed by atoms with Crippen molar-refractivity contribution in [2.24, 2.45) is 17.2 Å². The summed E-state index contributed by atoms with van der Waals surface area (Å²) in [5.41, 5.74) is 15.7. The van der Waals surface area contributed by atoms with Crippen molar-refractivity contribution in [1.29, 1.82) is 0 Å². The van der Waals surface area contributed by atoms with Gasteiger partial charge in [0.05, 0.1) is 24.6 Å². The molecule has 0 saturated carbocycles. The zero-order valence-electron chi connectivity index (χ0n) is 14.9. The van der Waals surface area contributed by atoms with Crippen molar-refractivity contribution in [2.45, 2.75) is 55.6 Å². The van der Waals surface area contributed by atoms with Crippen LogP contribution in [0.3, 0.4) is 0 Å². The number of nitrogens with two attached hydrogens (primary N) is 3. The Bertz CT molecular complexity index is 474. The van der Waals surface area contributed by atoms with Crippen molar-refractivity contribution < 1.29 is 39.4 Å². The molecule has 0 bridgehead atoms. The van der Waals surface area contributed by atoms with Gasteiger partial charge in [-0.05, 0) is 6.92 Å². The Kier molecular flexibility index (Phi) is 9.95. The predicted octanol–water partition coefficient (Wildman–Crippen LogP) is -4.38. The van der Waals surface area contributed by atoms with E-state index in [-0.39, 0.29) is 17.8 Å². The second-order valence-corrected chi connectivity index (χ2v) is 6.93. The van der Waals surface area contributed by atoms with Gasteiger partial charge in [0.2, 0.25) is 5.91 Å². The maximum atomic E-state index is 11.4. The molecule has 0 aromatic carbocycles. The van der Waals surface area contributed by atoms with E-state index in [9.17, 15) is 20.1 Å². The topological polar surface area (TPSA) is 216 Å². The van der Waals surface area contributed by atoms with E-state index in [1.807, 2.05) is 0 Å². The Labute approximate surface area is 165 Å². The van der Waals surface area contributed by atoms with Crippen LogP contribution in [0.1, 0.15) is 6.92 Å². The monoisotopic (exact) mass is 460 g/mol. The normalized spacial score (nSPS) is 33.1. The smallest absolute Gasteiger partial charge is 0.230 e. The average molecular weight is 461 g/mol. The molecule has 1 aliphatic rings. The van der Waals surface area contributed by atoms with Crippen LogP contribution in [0.25, 0.3) is 0 Å². The molecule has 27 heavy (non-hydrogen) atoms. The molecule has 1 heterocycles. The van der Waals surface area contributed by atoms with Crippen LogP contribution < -0.4 is 22.5 Å². The molecule has 1 saturated heterocycles. The maximum Gasteiger partial charge on any atom is 0.230 e. The summed E-state index contributed by atoms with van der Waals surface area (Å²) in [4.78, 5) is 11.4. The van der Waals surface area contributed by atoms with E-state index in [0.29, 0.717) is 0 Å². The number of alkyl halides is 1. The van der Waals surface area contributed by atoms with Gasteiger partial charge in [-0.25, -0.2) is 0 Å². The number of aliphatic hydroxyl groups excluding tert-OH is 4. The first-order chi connectivity index (χ1) is 12.6. The largest absolute Gasteiger partial charge is 0.393 e. The third-order valence-corrected chi connectivity index (χ3v) is 4.57. The minimum atomic E-state index is -1.62. The van der Waals surface area contributed by atoms with Gasteiger partial charge in [-0.1, -0.05) is 15.9 Å². The summed E-state index contributed by atoms with van der Waals surface area (Å²) in [5.74, 6) is -0.346. The van der Waals surface area contributed by atoms with E-state index < -0.39 is 61.9 Å². The Morgan fingerprint density at radius 3 is 2.48 bits per heavy atom. The van der Waals surface area contributed by atoms with Crippen molar-refractivity contribution in [3.05, 3.63) is 0 Å². The van der Waals surface area contributed by atoms with Crippen molar-refractivity contribution >= 4 is 21.8 Å². The third-order valence-electron chi connectivity index (χ3n) is 4.06. The molecular weight excluding hydrogens is 432 g/mol. The van der Waals surface area contributed by atoms with Gasteiger partial charge in [0.1, 0.15) is 36.4 Å². The van der Waals surface area contributed by atoms with Crippen molar-refractivity contribution in [1.82, 2.24) is 5.32 Å². The Morgan fingerprint density at radius 1 is 1.33 bits per heavy atom. The highest BCUT2D eigenvalue weighted by Crippen LogP contribution is 2.24. The second kappa shape index (κ2) is 10.9. The lowest BCUT2D eigenvalue weighted by Gasteiger charge is -2.44.